The number of ether oxygens (including phenoxy) is 1. The van der Waals surface area contributed by atoms with E-state index in [1.165, 1.54) is 24.8 Å². The highest BCUT2D eigenvalue weighted by Crippen LogP contribution is 2.39. The average molecular weight is 371 g/mol. The first-order valence-corrected chi connectivity index (χ1v) is 9.73. The highest BCUT2D eigenvalue weighted by molar-refractivity contribution is 5.82. The molecule has 1 fully saturated rings. The Hall–Kier alpha value is -3.18. The third kappa shape index (κ3) is 2.84. The Balaban J connectivity index is 1.45. The molecule has 2 aromatic carbocycles. The largest absolute Gasteiger partial charge is 0.457 e. The molecule has 1 aliphatic carbocycles. The van der Waals surface area contributed by atoms with Crippen molar-refractivity contribution in [1.29, 1.82) is 0 Å². The Bertz CT molecular complexity index is 984. The van der Waals surface area contributed by atoms with Crippen LogP contribution in [0.3, 0.4) is 0 Å². The number of hydrogen-bond donors (Lipinski definition) is 0. The van der Waals surface area contributed by atoms with Crippen LogP contribution >= 0.6 is 0 Å². The molecular weight excluding hydrogens is 348 g/mol. The summed E-state index contributed by atoms with van der Waals surface area (Å²) >= 11 is 0. The molecule has 5 nitrogen and oxygen atoms in total. The zero-order chi connectivity index (χ0) is 19.0. The Morgan fingerprint density at radius 3 is 2.36 bits per heavy atom. The van der Waals surface area contributed by atoms with Crippen LogP contribution in [0.1, 0.15) is 24.8 Å². The van der Waals surface area contributed by atoms with E-state index in [9.17, 15) is 0 Å². The molecule has 28 heavy (non-hydrogen) atoms. The molecule has 140 valence electrons. The molecule has 3 aliphatic rings. The van der Waals surface area contributed by atoms with Gasteiger partial charge >= 0.3 is 0 Å². The number of anilines is 1. The van der Waals surface area contributed by atoms with Crippen LogP contribution in [0.4, 0.5) is 5.69 Å². The molecule has 0 aromatic heterocycles. The minimum Gasteiger partial charge on any atom is -0.457 e. The summed E-state index contributed by atoms with van der Waals surface area (Å²) in [5.74, 6) is 1.69. The summed E-state index contributed by atoms with van der Waals surface area (Å²) in [5, 5.41) is 2.43. The highest BCUT2D eigenvalue weighted by atomic mass is 16.5. The average Bonchev–Trinajstić information content (AvgIpc) is 3.12. The summed E-state index contributed by atoms with van der Waals surface area (Å²) in [7, 11) is 0. The smallest absolute Gasteiger partial charge is 0.225 e. The molecule has 0 bridgehead atoms. The number of aryl methyl sites for hydroxylation is 1. The predicted molar refractivity (Wildman–Crippen MR) is 112 cm³/mol. The van der Waals surface area contributed by atoms with Crippen molar-refractivity contribution in [2.24, 2.45) is 9.98 Å². The van der Waals surface area contributed by atoms with Crippen LogP contribution in [-0.2, 0) is 0 Å². The van der Waals surface area contributed by atoms with Crippen molar-refractivity contribution in [1.82, 2.24) is 0 Å². The second-order valence-electron chi connectivity index (χ2n) is 7.47. The molecule has 1 saturated carbocycles. The third-order valence-electron chi connectivity index (χ3n) is 5.58. The lowest BCUT2D eigenvalue weighted by Crippen LogP contribution is -2.61. The van der Waals surface area contributed by atoms with E-state index in [0.29, 0.717) is 10.6 Å². The van der Waals surface area contributed by atoms with E-state index in [4.69, 9.17) is 4.74 Å². The fraction of sp³-hybridized carbons (Fsp3) is 0.217. The van der Waals surface area contributed by atoms with Crippen LogP contribution in [0.2, 0.25) is 0 Å². The zero-order valence-corrected chi connectivity index (χ0v) is 15.9. The molecule has 2 aliphatic heterocycles. The fourth-order valence-electron chi connectivity index (χ4n) is 3.84. The molecule has 1 unspecified atom stereocenters. The molecule has 0 amide bonds. The van der Waals surface area contributed by atoms with Crippen molar-refractivity contribution < 1.29 is 9.33 Å². The first kappa shape index (κ1) is 17.0. The lowest BCUT2D eigenvalue weighted by molar-refractivity contribution is -0.746. The van der Waals surface area contributed by atoms with E-state index in [-0.39, 0.29) is 0 Å². The van der Waals surface area contributed by atoms with Crippen molar-refractivity contribution in [3.8, 4) is 11.5 Å². The number of rotatable bonds is 5. The third-order valence-corrected chi connectivity index (χ3v) is 5.58. The number of fused-ring (bicyclic) bond motifs is 1. The maximum Gasteiger partial charge on any atom is 0.225 e. The van der Waals surface area contributed by atoms with E-state index < -0.39 is 0 Å². The molecule has 5 heteroatoms. The van der Waals surface area contributed by atoms with Crippen molar-refractivity contribution in [2.45, 2.75) is 32.2 Å². The Labute approximate surface area is 165 Å². The summed E-state index contributed by atoms with van der Waals surface area (Å²) in [4.78, 5) is 8.74. The van der Waals surface area contributed by atoms with Crippen molar-refractivity contribution in [3.05, 3.63) is 78.4 Å². The van der Waals surface area contributed by atoms with Gasteiger partial charge in [-0.15, -0.1) is 4.59 Å². The van der Waals surface area contributed by atoms with Gasteiger partial charge in [-0.1, -0.05) is 17.7 Å². The lowest BCUT2D eigenvalue weighted by atomic mass is 9.92. The number of quaternary nitrogens is 1. The number of allylic oxidation sites excluding steroid dienone is 1. The molecule has 0 spiro atoms. The molecule has 2 heterocycles. The van der Waals surface area contributed by atoms with Crippen LogP contribution in [0.25, 0.3) is 0 Å². The quantitative estimate of drug-likeness (QED) is 0.667. The van der Waals surface area contributed by atoms with Crippen molar-refractivity contribution >= 4 is 18.2 Å². The molecule has 2 aromatic rings. The summed E-state index contributed by atoms with van der Waals surface area (Å²) in [5.41, 5.74) is 3.44. The van der Waals surface area contributed by atoms with Crippen LogP contribution in [-0.4, -0.2) is 23.2 Å². The zero-order valence-electron chi connectivity index (χ0n) is 15.9. The van der Waals surface area contributed by atoms with E-state index in [0.717, 1.165) is 22.9 Å². The molecule has 0 radical (unpaired) electrons. The van der Waals surface area contributed by atoms with Crippen LogP contribution in [0, 0.1) is 6.92 Å². The Kier molecular flexibility index (Phi) is 4.10. The monoisotopic (exact) mass is 371 g/mol. The first-order chi connectivity index (χ1) is 13.7. The van der Waals surface area contributed by atoms with E-state index in [1.54, 1.807) is 0 Å². The van der Waals surface area contributed by atoms with E-state index in [1.807, 2.05) is 49.2 Å². The summed E-state index contributed by atoms with van der Waals surface area (Å²) in [6.07, 6.45) is 13.4. The maximum atomic E-state index is 6.00. The van der Waals surface area contributed by atoms with Crippen LogP contribution in [0.15, 0.2) is 82.8 Å². The van der Waals surface area contributed by atoms with Gasteiger partial charge in [0, 0.05) is 0 Å². The SMILES string of the molecule is Cc1ccc(Oc2ccc(N(C3CCC3)[N+]34C=CN=CC3=CN=C4)cc2)cc1. The van der Waals surface area contributed by atoms with Gasteiger partial charge in [0.15, 0.2) is 6.20 Å². The van der Waals surface area contributed by atoms with E-state index in [2.05, 4.69) is 52.4 Å². The highest BCUT2D eigenvalue weighted by Gasteiger charge is 2.46. The Morgan fingerprint density at radius 2 is 1.68 bits per heavy atom. The van der Waals surface area contributed by atoms with Gasteiger partial charge in [-0.3, -0.25) is 4.99 Å². The van der Waals surface area contributed by atoms with Gasteiger partial charge in [-0.2, -0.15) is 0 Å². The maximum absolute atomic E-state index is 6.00. The molecule has 1 atom stereocenters. The van der Waals surface area contributed by atoms with E-state index >= 15 is 0 Å². The van der Waals surface area contributed by atoms with Crippen molar-refractivity contribution in [3.63, 3.8) is 0 Å². The van der Waals surface area contributed by atoms with Gasteiger partial charge in [0.2, 0.25) is 12.0 Å². The number of aliphatic imine (C=N–C) groups is 2. The summed E-state index contributed by atoms with van der Waals surface area (Å²) in [6.45, 7) is 2.07. The second-order valence-corrected chi connectivity index (χ2v) is 7.47. The fourth-order valence-corrected chi connectivity index (χ4v) is 3.84. The molecule has 0 saturated heterocycles. The van der Waals surface area contributed by atoms with Crippen LogP contribution < -0.4 is 9.75 Å². The first-order valence-electron chi connectivity index (χ1n) is 9.73. The molecular formula is C23H23N4O+. The molecule has 0 N–H and O–H groups in total. The number of nitrogens with zero attached hydrogens (tertiary/aromatic N) is 4. The molecule has 5 rings (SSSR count). The topological polar surface area (TPSA) is 37.2 Å². The van der Waals surface area contributed by atoms with Gasteiger partial charge in [-0.25, -0.2) is 10.0 Å². The predicted octanol–water partition coefficient (Wildman–Crippen LogP) is 5.32. The number of hydrogen-bond acceptors (Lipinski definition) is 4. The van der Waals surface area contributed by atoms with Gasteiger partial charge in [0.25, 0.3) is 0 Å². The lowest BCUT2D eigenvalue weighted by Gasteiger charge is -2.46. The van der Waals surface area contributed by atoms with Gasteiger partial charge in [0.05, 0.1) is 30.3 Å². The van der Waals surface area contributed by atoms with Gasteiger partial charge < -0.3 is 4.74 Å². The number of benzene rings is 2. The summed E-state index contributed by atoms with van der Waals surface area (Å²) < 4.78 is 6.48. The second kappa shape index (κ2) is 6.77. The Morgan fingerprint density at radius 1 is 0.964 bits per heavy atom. The van der Waals surface area contributed by atoms with Gasteiger partial charge in [-0.05, 0) is 62.6 Å². The van der Waals surface area contributed by atoms with Crippen molar-refractivity contribution in [2.75, 3.05) is 5.01 Å². The van der Waals surface area contributed by atoms with Gasteiger partial charge in [0.1, 0.15) is 11.5 Å². The standard InChI is InChI=1S/C23H23N4O/c1-18-5-9-22(10-6-18)28-23-11-7-20(8-12-23)26(19-3-2-4-19)27-14-13-24-15-21(27)16-25-17-27/h5-17,19H,2-4H2,1H3/q+1. The minimum absolute atomic E-state index is 0.479. The summed E-state index contributed by atoms with van der Waals surface area (Å²) in [6, 6.07) is 16.9. The van der Waals surface area contributed by atoms with Crippen LogP contribution in [0.5, 0.6) is 11.5 Å². The normalized spacial score (nSPS) is 22.5. The minimum atomic E-state index is 0.479.